The van der Waals surface area contributed by atoms with Crippen molar-refractivity contribution in [2.45, 2.75) is 19.8 Å². The van der Waals surface area contributed by atoms with Crippen molar-refractivity contribution in [3.8, 4) is 0 Å². The third-order valence-corrected chi connectivity index (χ3v) is 2.62. The summed E-state index contributed by atoms with van der Waals surface area (Å²) < 4.78 is 0. The maximum atomic E-state index is 10.9. The lowest BCUT2D eigenvalue weighted by atomic mass is 10.0. The molecule has 0 radical (unpaired) electrons. The Morgan fingerprint density at radius 1 is 1.24 bits per heavy atom. The number of amides is 1. The van der Waals surface area contributed by atoms with Gasteiger partial charge in [0.05, 0.1) is 5.92 Å². The summed E-state index contributed by atoms with van der Waals surface area (Å²) in [5, 5.41) is 17.8. The SMILES string of the molecule is CCN(C(=O)O)c1ccc(C(C)C(=O)O)cc1. The topological polar surface area (TPSA) is 77.8 Å². The predicted molar refractivity (Wildman–Crippen MR) is 63.5 cm³/mol. The summed E-state index contributed by atoms with van der Waals surface area (Å²) in [5.41, 5.74) is 1.20. The fourth-order valence-corrected chi connectivity index (χ4v) is 1.51. The van der Waals surface area contributed by atoms with Crippen molar-refractivity contribution in [1.29, 1.82) is 0 Å². The standard InChI is InChI=1S/C12H15NO4/c1-3-13(12(16)17)10-6-4-9(5-7-10)8(2)11(14)15/h4-8H,3H2,1-2H3,(H,14,15)(H,16,17). The number of anilines is 1. The van der Waals surface area contributed by atoms with Crippen molar-refractivity contribution in [2.24, 2.45) is 0 Å². The average Bonchev–Trinajstić information content (AvgIpc) is 2.29. The summed E-state index contributed by atoms with van der Waals surface area (Å²) in [6, 6.07) is 6.51. The number of rotatable bonds is 4. The van der Waals surface area contributed by atoms with Gasteiger partial charge in [0, 0.05) is 12.2 Å². The lowest BCUT2D eigenvalue weighted by Gasteiger charge is -2.17. The van der Waals surface area contributed by atoms with Crippen LogP contribution in [0.1, 0.15) is 25.3 Å². The lowest BCUT2D eigenvalue weighted by Crippen LogP contribution is -2.28. The van der Waals surface area contributed by atoms with Crippen molar-refractivity contribution in [3.63, 3.8) is 0 Å². The zero-order chi connectivity index (χ0) is 13.0. The van der Waals surface area contributed by atoms with Crippen LogP contribution in [0.3, 0.4) is 0 Å². The van der Waals surface area contributed by atoms with Crippen LogP contribution in [0.4, 0.5) is 10.5 Å². The van der Waals surface area contributed by atoms with E-state index in [2.05, 4.69) is 0 Å². The van der Waals surface area contributed by atoms with Crippen molar-refractivity contribution in [1.82, 2.24) is 0 Å². The van der Waals surface area contributed by atoms with Gasteiger partial charge in [-0.1, -0.05) is 12.1 Å². The van der Waals surface area contributed by atoms with Gasteiger partial charge in [0.25, 0.3) is 0 Å². The van der Waals surface area contributed by atoms with Gasteiger partial charge in [-0.05, 0) is 31.5 Å². The van der Waals surface area contributed by atoms with Gasteiger partial charge in [-0.3, -0.25) is 9.69 Å². The molecule has 1 aromatic carbocycles. The van der Waals surface area contributed by atoms with Gasteiger partial charge in [-0.25, -0.2) is 4.79 Å². The zero-order valence-electron chi connectivity index (χ0n) is 9.75. The highest BCUT2D eigenvalue weighted by Crippen LogP contribution is 2.20. The molecule has 0 aliphatic carbocycles. The van der Waals surface area contributed by atoms with E-state index in [1.54, 1.807) is 38.1 Å². The number of carbonyl (C=O) groups is 2. The summed E-state index contributed by atoms with van der Waals surface area (Å²) in [5.74, 6) is -1.49. The van der Waals surface area contributed by atoms with Gasteiger partial charge >= 0.3 is 12.1 Å². The molecule has 1 unspecified atom stereocenters. The Kier molecular flexibility index (Phi) is 4.09. The van der Waals surface area contributed by atoms with Crippen LogP contribution >= 0.6 is 0 Å². The van der Waals surface area contributed by atoms with Gasteiger partial charge in [0.2, 0.25) is 0 Å². The molecule has 0 heterocycles. The second kappa shape index (κ2) is 5.34. The summed E-state index contributed by atoms with van der Waals surface area (Å²) in [6.07, 6.45) is -1.02. The van der Waals surface area contributed by atoms with Gasteiger partial charge in [-0.2, -0.15) is 0 Å². The smallest absolute Gasteiger partial charge is 0.411 e. The van der Waals surface area contributed by atoms with Crippen LogP contribution in [0, 0.1) is 0 Å². The van der Waals surface area contributed by atoms with Crippen molar-refractivity contribution >= 4 is 17.7 Å². The van der Waals surface area contributed by atoms with E-state index in [0.29, 0.717) is 17.8 Å². The molecule has 17 heavy (non-hydrogen) atoms. The number of nitrogens with zero attached hydrogens (tertiary/aromatic N) is 1. The van der Waals surface area contributed by atoms with E-state index in [1.807, 2.05) is 0 Å². The minimum Gasteiger partial charge on any atom is -0.481 e. The molecule has 1 atom stereocenters. The first-order chi connectivity index (χ1) is 7.97. The highest BCUT2D eigenvalue weighted by Gasteiger charge is 2.15. The second-order valence-corrected chi connectivity index (χ2v) is 3.68. The Hall–Kier alpha value is -2.04. The summed E-state index contributed by atoms with van der Waals surface area (Å²) >= 11 is 0. The molecule has 0 aliphatic heterocycles. The Morgan fingerprint density at radius 2 is 1.76 bits per heavy atom. The molecular formula is C12H15NO4. The van der Waals surface area contributed by atoms with Gasteiger partial charge in [-0.15, -0.1) is 0 Å². The molecule has 5 nitrogen and oxygen atoms in total. The summed E-state index contributed by atoms with van der Waals surface area (Å²) in [6.45, 7) is 3.68. The van der Waals surface area contributed by atoms with E-state index in [1.165, 1.54) is 4.90 Å². The average molecular weight is 237 g/mol. The highest BCUT2D eigenvalue weighted by molar-refractivity contribution is 5.86. The zero-order valence-corrected chi connectivity index (χ0v) is 9.75. The maximum Gasteiger partial charge on any atom is 0.411 e. The summed E-state index contributed by atoms with van der Waals surface area (Å²) in [7, 11) is 0. The third kappa shape index (κ3) is 2.96. The Bertz CT molecular complexity index is 413. The van der Waals surface area contributed by atoms with E-state index in [9.17, 15) is 9.59 Å². The van der Waals surface area contributed by atoms with E-state index in [4.69, 9.17) is 10.2 Å². The molecule has 92 valence electrons. The number of hydrogen-bond donors (Lipinski definition) is 2. The number of hydrogen-bond acceptors (Lipinski definition) is 2. The monoisotopic (exact) mass is 237 g/mol. The van der Waals surface area contributed by atoms with Crippen LogP contribution in [-0.4, -0.2) is 28.8 Å². The number of aliphatic carboxylic acids is 1. The van der Waals surface area contributed by atoms with Crippen LogP contribution in [0.5, 0.6) is 0 Å². The number of carboxylic acid groups (broad SMARTS) is 2. The van der Waals surface area contributed by atoms with Crippen molar-refractivity contribution in [3.05, 3.63) is 29.8 Å². The maximum absolute atomic E-state index is 10.9. The number of benzene rings is 1. The van der Waals surface area contributed by atoms with Crippen molar-refractivity contribution in [2.75, 3.05) is 11.4 Å². The molecule has 1 aromatic rings. The lowest BCUT2D eigenvalue weighted by molar-refractivity contribution is -0.138. The molecule has 0 fully saturated rings. The van der Waals surface area contributed by atoms with E-state index < -0.39 is 18.0 Å². The number of carboxylic acids is 1. The van der Waals surface area contributed by atoms with Crippen LogP contribution in [0.25, 0.3) is 0 Å². The van der Waals surface area contributed by atoms with Crippen molar-refractivity contribution < 1.29 is 19.8 Å². The van der Waals surface area contributed by atoms with E-state index in [-0.39, 0.29) is 0 Å². The van der Waals surface area contributed by atoms with E-state index in [0.717, 1.165) is 0 Å². The Morgan fingerprint density at radius 3 is 2.12 bits per heavy atom. The fraction of sp³-hybridized carbons (Fsp3) is 0.333. The molecule has 1 rings (SSSR count). The fourth-order valence-electron chi connectivity index (χ4n) is 1.51. The minimum atomic E-state index is -1.02. The van der Waals surface area contributed by atoms with Crippen LogP contribution in [0.2, 0.25) is 0 Å². The first-order valence-electron chi connectivity index (χ1n) is 5.30. The molecule has 0 spiro atoms. The third-order valence-electron chi connectivity index (χ3n) is 2.62. The van der Waals surface area contributed by atoms with Gasteiger partial charge < -0.3 is 10.2 Å². The first-order valence-corrected chi connectivity index (χ1v) is 5.30. The van der Waals surface area contributed by atoms with Crippen LogP contribution in [0.15, 0.2) is 24.3 Å². The Labute approximate surface area is 99.3 Å². The normalized spacial score (nSPS) is 11.9. The molecule has 0 saturated heterocycles. The Balaban J connectivity index is 2.94. The summed E-state index contributed by atoms with van der Waals surface area (Å²) in [4.78, 5) is 22.9. The minimum absolute atomic E-state index is 0.350. The molecule has 0 aliphatic rings. The molecule has 1 amide bonds. The van der Waals surface area contributed by atoms with Gasteiger partial charge in [0.15, 0.2) is 0 Å². The second-order valence-electron chi connectivity index (χ2n) is 3.68. The molecule has 5 heteroatoms. The van der Waals surface area contributed by atoms with Crippen LogP contribution < -0.4 is 4.90 Å². The van der Waals surface area contributed by atoms with E-state index >= 15 is 0 Å². The molecule has 0 saturated carbocycles. The van der Waals surface area contributed by atoms with Gasteiger partial charge in [0.1, 0.15) is 0 Å². The molecular weight excluding hydrogens is 222 g/mol. The molecule has 0 bridgehead atoms. The first kappa shape index (κ1) is 13.0. The predicted octanol–water partition coefficient (Wildman–Crippen LogP) is 2.38. The largest absolute Gasteiger partial charge is 0.481 e. The highest BCUT2D eigenvalue weighted by atomic mass is 16.4. The molecule has 2 N–H and O–H groups in total. The quantitative estimate of drug-likeness (QED) is 0.842. The molecule has 0 aromatic heterocycles. The van der Waals surface area contributed by atoms with Crippen LogP contribution in [-0.2, 0) is 4.79 Å².